The number of nitrogens with one attached hydrogen (secondary N) is 1. The number of nitrogens with zero attached hydrogens (tertiary/aromatic N) is 2. The van der Waals surface area contributed by atoms with Crippen molar-refractivity contribution in [1.29, 1.82) is 0 Å². The van der Waals surface area contributed by atoms with Crippen molar-refractivity contribution in [3.05, 3.63) is 35.5 Å². The molecule has 2 fully saturated rings. The molecule has 2 aromatic rings. The molecule has 0 bridgehead atoms. The van der Waals surface area contributed by atoms with E-state index in [-0.39, 0.29) is 29.7 Å². The maximum Gasteiger partial charge on any atom is 0.417 e. The molecule has 2 unspecified atom stereocenters. The van der Waals surface area contributed by atoms with Gasteiger partial charge < -0.3 is 9.84 Å². The van der Waals surface area contributed by atoms with Crippen LogP contribution in [-0.2, 0) is 6.18 Å². The van der Waals surface area contributed by atoms with Gasteiger partial charge in [0.2, 0.25) is 11.7 Å². The van der Waals surface area contributed by atoms with Crippen LogP contribution < -0.4 is 5.32 Å². The summed E-state index contributed by atoms with van der Waals surface area (Å²) < 4.78 is 72.0. The van der Waals surface area contributed by atoms with E-state index in [1.807, 2.05) is 0 Å². The molecule has 0 radical (unpaired) electrons. The molecule has 2 atom stereocenters. The van der Waals surface area contributed by atoms with Gasteiger partial charge in [-0.1, -0.05) is 5.16 Å². The lowest BCUT2D eigenvalue weighted by molar-refractivity contribution is -0.137. The average Bonchev–Trinajstić information content (AvgIpc) is 2.94. The van der Waals surface area contributed by atoms with E-state index in [0.29, 0.717) is 32.0 Å². The van der Waals surface area contributed by atoms with E-state index in [1.165, 1.54) is 0 Å². The fraction of sp³-hybridized carbons (Fsp3) is 0.500. The molecule has 10 heteroatoms. The summed E-state index contributed by atoms with van der Waals surface area (Å²) in [6, 6.07) is 2.23. The van der Waals surface area contributed by atoms with E-state index in [2.05, 4.69) is 15.5 Å². The molecule has 26 heavy (non-hydrogen) atoms. The van der Waals surface area contributed by atoms with E-state index in [4.69, 9.17) is 4.52 Å². The van der Waals surface area contributed by atoms with Gasteiger partial charge in [0.05, 0.1) is 11.5 Å². The second kappa shape index (κ2) is 6.45. The van der Waals surface area contributed by atoms with E-state index in [0.717, 1.165) is 12.1 Å². The number of piperidine rings is 1. The number of rotatable bonds is 2. The monoisotopic (exact) mass is 395 g/mol. The molecule has 1 saturated carbocycles. The lowest BCUT2D eigenvalue weighted by Gasteiger charge is -2.22. The molecule has 2 aliphatic rings. The summed E-state index contributed by atoms with van der Waals surface area (Å²) in [7, 11) is 0. The summed E-state index contributed by atoms with van der Waals surface area (Å²) >= 11 is 0. The number of hydrogen-bond donors (Lipinski definition) is 1. The Morgan fingerprint density at radius 2 is 1.88 bits per heavy atom. The van der Waals surface area contributed by atoms with Crippen molar-refractivity contribution >= 4 is 12.4 Å². The van der Waals surface area contributed by atoms with Gasteiger partial charge in [-0.3, -0.25) is 0 Å². The molecular formula is C16H15ClF5N3O. The fourth-order valence-electron chi connectivity index (χ4n) is 3.71. The van der Waals surface area contributed by atoms with Gasteiger partial charge in [-0.05, 0) is 44.1 Å². The highest BCUT2D eigenvalue weighted by Gasteiger charge is 2.68. The van der Waals surface area contributed by atoms with Crippen molar-refractivity contribution in [2.45, 2.75) is 31.1 Å². The zero-order valence-electron chi connectivity index (χ0n) is 13.3. The Bertz CT molecular complexity index is 803. The number of aromatic nitrogens is 2. The SMILES string of the molecule is Cl.Fc1ccc(-c2noc(C3C(F)C34CCNCC4)n2)c(C(F)(F)F)c1. The van der Waals surface area contributed by atoms with Crippen LogP contribution in [0.25, 0.3) is 11.4 Å². The summed E-state index contributed by atoms with van der Waals surface area (Å²) in [5.41, 5.74) is -2.15. The normalized spacial score (nSPS) is 24.3. The van der Waals surface area contributed by atoms with Gasteiger partial charge in [-0.2, -0.15) is 18.2 Å². The minimum atomic E-state index is -4.77. The maximum atomic E-state index is 14.4. The van der Waals surface area contributed by atoms with Crippen LogP contribution in [0.5, 0.6) is 0 Å². The summed E-state index contributed by atoms with van der Waals surface area (Å²) in [5.74, 6) is -1.92. The third-order valence-electron chi connectivity index (χ3n) is 5.12. The summed E-state index contributed by atoms with van der Waals surface area (Å²) in [6.07, 6.45) is -4.68. The van der Waals surface area contributed by atoms with Gasteiger partial charge in [0.25, 0.3) is 0 Å². The standard InChI is InChI=1S/C16H14F5N3O.ClH/c17-8-1-2-9(10(7-8)16(19,20)21)13-23-14(25-24-13)11-12(18)15(11)3-5-22-6-4-15;/h1-2,7,11-12,22H,3-6H2;1H. The maximum absolute atomic E-state index is 14.4. The smallest absolute Gasteiger partial charge is 0.339 e. The van der Waals surface area contributed by atoms with Crippen LogP contribution in [0, 0.1) is 11.2 Å². The number of halogens is 6. The molecule has 0 amide bonds. The van der Waals surface area contributed by atoms with Gasteiger partial charge in [-0.15, -0.1) is 12.4 Å². The average molecular weight is 396 g/mol. The van der Waals surface area contributed by atoms with Gasteiger partial charge in [0.1, 0.15) is 12.0 Å². The Morgan fingerprint density at radius 1 is 1.19 bits per heavy atom. The lowest BCUT2D eigenvalue weighted by atomic mass is 9.92. The van der Waals surface area contributed by atoms with Crippen LogP contribution >= 0.6 is 12.4 Å². The first-order chi connectivity index (χ1) is 11.8. The highest BCUT2D eigenvalue weighted by molar-refractivity contribution is 5.85. The van der Waals surface area contributed by atoms with Crippen molar-refractivity contribution in [2.24, 2.45) is 5.41 Å². The number of benzene rings is 1. The second-order valence-corrected chi connectivity index (χ2v) is 6.51. The highest BCUT2D eigenvalue weighted by Crippen LogP contribution is 2.65. The van der Waals surface area contributed by atoms with E-state index < -0.39 is 35.1 Å². The van der Waals surface area contributed by atoms with E-state index in [9.17, 15) is 22.0 Å². The van der Waals surface area contributed by atoms with Crippen LogP contribution in [0.4, 0.5) is 22.0 Å². The summed E-state index contributed by atoms with van der Waals surface area (Å²) in [6.45, 7) is 1.35. The predicted octanol–water partition coefficient (Wildman–Crippen LogP) is 4.12. The molecule has 1 aromatic heterocycles. The third kappa shape index (κ3) is 2.96. The minimum Gasteiger partial charge on any atom is -0.339 e. The van der Waals surface area contributed by atoms with E-state index >= 15 is 0 Å². The Kier molecular flexibility index (Phi) is 4.72. The van der Waals surface area contributed by atoms with Crippen LogP contribution in [0.2, 0.25) is 0 Å². The minimum absolute atomic E-state index is 0. The first-order valence-electron chi connectivity index (χ1n) is 7.88. The zero-order valence-corrected chi connectivity index (χ0v) is 14.1. The van der Waals surface area contributed by atoms with Crippen LogP contribution in [-0.4, -0.2) is 29.4 Å². The van der Waals surface area contributed by atoms with Crippen molar-refractivity contribution in [2.75, 3.05) is 13.1 Å². The first-order valence-corrected chi connectivity index (χ1v) is 7.88. The lowest BCUT2D eigenvalue weighted by Crippen LogP contribution is -2.30. The molecule has 1 saturated heterocycles. The molecule has 1 aliphatic heterocycles. The van der Waals surface area contributed by atoms with E-state index in [1.54, 1.807) is 0 Å². The summed E-state index contributed by atoms with van der Waals surface area (Å²) in [5, 5.41) is 6.71. The van der Waals surface area contributed by atoms with Crippen LogP contribution in [0.3, 0.4) is 0 Å². The van der Waals surface area contributed by atoms with Gasteiger partial charge in [0, 0.05) is 11.0 Å². The Balaban J connectivity index is 0.00000196. The number of alkyl halides is 4. The molecule has 1 aromatic carbocycles. The molecular weight excluding hydrogens is 381 g/mol. The molecule has 4 rings (SSSR count). The van der Waals surface area contributed by atoms with Gasteiger partial charge >= 0.3 is 6.18 Å². The van der Waals surface area contributed by atoms with Crippen molar-refractivity contribution in [3.63, 3.8) is 0 Å². The van der Waals surface area contributed by atoms with Crippen molar-refractivity contribution in [1.82, 2.24) is 15.5 Å². The highest BCUT2D eigenvalue weighted by atomic mass is 35.5. The second-order valence-electron chi connectivity index (χ2n) is 6.51. The number of hydrogen-bond acceptors (Lipinski definition) is 4. The Labute approximate surface area is 151 Å². The van der Waals surface area contributed by atoms with Crippen LogP contribution in [0.15, 0.2) is 22.7 Å². The third-order valence-corrected chi connectivity index (χ3v) is 5.12. The van der Waals surface area contributed by atoms with Crippen molar-refractivity contribution < 1.29 is 26.5 Å². The van der Waals surface area contributed by atoms with Crippen LogP contribution in [0.1, 0.15) is 30.2 Å². The fourth-order valence-corrected chi connectivity index (χ4v) is 3.71. The quantitative estimate of drug-likeness (QED) is 0.777. The molecule has 1 spiro atoms. The largest absolute Gasteiger partial charge is 0.417 e. The molecule has 4 nitrogen and oxygen atoms in total. The van der Waals surface area contributed by atoms with Gasteiger partial charge in [0.15, 0.2) is 0 Å². The van der Waals surface area contributed by atoms with Crippen molar-refractivity contribution in [3.8, 4) is 11.4 Å². The molecule has 1 aliphatic carbocycles. The molecule has 142 valence electrons. The first kappa shape index (κ1) is 19.0. The summed E-state index contributed by atoms with van der Waals surface area (Å²) in [4.78, 5) is 3.99. The molecule has 1 N–H and O–H groups in total. The van der Waals surface area contributed by atoms with Gasteiger partial charge in [-0.25, -0.2) is 8.78 Å². The Hall–Kier alpha value is -1.74. The predicted molar refractivity (Wildman–Crippen MR) is 84.1 cm³/mol. The molecule has 2 heterocycles. The zero-order chi connectivity index (χ0) is 17.8. The topological polar surface area (TPSA) is 51.0 Å². The Morgan fingerprint density at radius 3 is 2.54 bits per heavy atom.